The molecule has 0 fully saturated rings. The molecule has 2 aromatic carbocycles. The minimum atomic E-state index is -0.727. The summed E-state index contributed by atoms with van der Waals surface area (Å²) in [6, 6.07) is 17.1. The van der Waals surface area contributed by atoms with Gasteiger partial charge in [0.25, 0.3) is 0 Å². The topological polar surface area (TPSA) is 80.3 Å². The second-order valence-corrected chi connectivity index (χ2v) is 8.45. The SMILES string of the molecule is CC(C)(CNC(=O)C(=O)Nc1ccccc1OCc1cscn1)Cc1ccccc1. The minimum absolute atomic E-state index is 0.189. The maximum atomic E-state index is 12.4. The zero-order valence-corrected chi connectivity index (χ0v) is 17.9. The predicted molar refractivity (Wildman–Crippen MR) is 118 cm³/mol. The average molecular weight is 424 g/mol. The van der Waals surface area contributed by atoms with Crippen molar-refractivity contribution in [1.29, 1.82) is 0 Å². The van der Waals surface area contributed by atoms with E-state index in [2.05, 4.69) is 41.6 Å². The number of nitrogens with zero attached hydrogens (tertiary/aromatic N) is 1. The normalized spacial score (nSPS) is 11.0. The fourth-order valence-electron chi connectivity index (χ4n) is 2.95. The third kappa shape index (κ3) is 6.42. The van der Waals surface area contributed by atoms with Gasteiger partial charge in [-0.1, -0.05) is 56.3 Å². The highest BCUT2D eigenvalue weighted by atomic mass is 32.1. The van der Waals surface area contributed by atoms with Gasteiger partial charge in [-0.15, -0.1) is 11.3 Å². The molecule has 0 bridgehead atoms. The predicted octanol–water partition coefficient (Wildman–Crippen LogP) is 4.05. The first-order chi connectivity index (χ1) is 14.4. The van der Waals surface area contributed by atoms with Crippen LogP contribution in [0.15, 0.2) is 65.5 Å². The third-order valence-corrected chi connectivity index (χ3v) is 5.09. The zero-order chi connectivity index (χ0) is 21.4. The second kappa shape index (κ2) is 10.0. The number of aromatic nitrogens is 1. The van der Waals surface area contributed by atoms with E-state index in [1.807, 2.05) is 23.6 Å². The molecule has 2 N–H and O–H groups in total. The number of hydrogen-bond acceptors (Lipinski definition) is 5. The number of hydrogen-bond donors (Lipinski definition) is 2. The zero-order valence-electron chi connectivity index (χ0n) is 17.1. The first-order valence-electron chi connectivity index (χ1n) is 9.65. The van der Waals surface area contributed by atoms with Crippen LogP contribution < -0.4 is 15.4 Å². The summed E-state index contributed by atoms with van der Waals surface area (Å²) >= 11 is 1.49. The molecule has 2 amide bonds. The maximum Gasteiger partial charge on any atom is 0.313 e. The van der Waals surface area contributed by atoms with Crippen LogP contribution in [-0.2, 0) is 22.6 Å². The van der Waals surface area contributed by atoms with E-state index in [0.29, 0.717) is 18.0 Å². The Labute approximate surface area is 180 Å². The summed E-state index contributed by atoms with van der Waals surface area (Å²) in [4.78, 5) is 28.9. The minimum Gasteiger partial charge on any atom is -0.485 e. The Balaban J connectivity index is 1.53. The van der Waals surface area contributed by atoms with E-state index in [1.165, 1.54) is 16.9 Å². The Morgan fingerprint density at radius 3 is 2.50 bits per heavy atom. The van der Waals surface area contributed by atoms with Gasteiger partial charge in [0.05, 0.1) is 16.9 Å². The summed E-state index contributed by atoms with van der Waals surface area (Å²) < 4.78 is 5.74. The molecule has 30 heavy (non-hydrogen) atoms. The van der Waals surface area contributed by atoms with Crippen LogP contribution >= 0.6 is 11.3 Å². The Morgan fingerprint density at radius 1 is 1.03 bits per heavy atom. The van der Waals surface area contributed by atoms with Crippen molar-refractivity contribution < 1.29 is 14.3 Å². The summed E-state index contributed by atoms with van der Waals surface area (Å²) in [5.41, 5.74) is 3.98. The Hall–Kier alpha value is -3.19. The lowest BCUT2D eigenvalue weighted by molar-refractivity contribution is -0.136. The molecule has 0 aliphatic carbocycles. The molecule has 6 nitrogen and oxygen atoms in total. The van der Waals surface area contributed by atoms with E-state index < -0.39 is 11.8 Å². The van der Waals surface area contributed by atoms with Crippen molar-refractivity contribution in [3.05, 3.63) is 76.7 Å². The largest absolute Gasteiger partial charge is 0.485 e. The smallest absolute Gasteiger partial charge is 0.313 e. The molecular formula is C23H25N3O3S. The van der Waals surface area contributed by atoms with Gasteiger partial charge in [-0.3, -0.25) is 9.59 Å². The summed E-state index contributed by atoms with van der Waals surface area (Å²) in [5.74, 6) is -0.920. The molecule has 156 valence electrons. The lowest BCUT2D eigenvalue weighted by Crippen LogP contribution is -2.41. The highest BCUT2D eigenvalue weighted by Gasteiger charge is 2.22. The van der Waals surface area contributed by atoms with Gasteiger partial charge in [-0.2, -0.15) is 0 Å². The number of anilines is 1. The van der Waals surface area contributed by atoms with Gasteiger partial charge < -0.3 is 15.4 Å². The number of amides is 2. The second-order valence-electron chi connectivity index (χ2n) is 7.73. The van der Waals surface area contributed by atoms with Crippen LogP contribution in [0.1, 0.15) is 25.1 Å². The first-order valence-corrected chi connectivity index (χ1v) is 10.6. The molecule has 1 heterocycles. The molecule has 0 aliphatic rings. The van der Waals surface area contributed by atoms with Gasteiger partial charge in [-0.05, 0) is 29.5 Å². The van der Waals surface area contributed by atoms with E-state index in [-0.39, 0.29) is 12.0 Å². The van der Waals surface area contributed by atoms with E-state index in [9.17, 15) is 9.59 Å². The fraction of sp³-hybridized carbons (Fsp3) is 0.261. The third-order valence-electron chi connectivity index (χ3n) is 4.45. The standard InChI is InChI=1S/C23H25N3O3S/c1-23(2,12-17-8-4-3-5-9-17)15-24-21(27)22(28)26-19-10-6-7-11-20(19)29-13-18-14-30-16-25-18/h3-11,14,16H,12-13,15H2,1-2H3,(H,24,27)(H,26,28). The molecule has 0 saturated heterocycles. The van der Waals surface area contributed by atoms with E-state index in [0.717, 1.165) is 12.1 Å². The van der Waals surface area contributed by atoms with E-state index in [1.54, 1.807) is 29.8 Å². The molecule has 3 rings (SSSR count). The Kier molecular flexibility index (Phi) is 7.19. The van der Waals surface area contributed by atoms with Crippen molar-refractivity contribution in [2.24, 2.45) is 5.41 Å². The Bertz CT molecular complexity index is 972. The van der Waals surface area contributed by atoms with Gasteiger partial charge in [0, 0.05) is 11.9 Å². The first kappa shape index (κ1) is 21.5. The molecule has 0 radical (unpaired) electrons. The number of carbonyl (C=O) groups is 2. The number of thiazole rings is 1. The van der Waals surface area contributed by atoms with Crippen LogP contribution in [0.25, 0.3) is 0 Å². The number of rotatable bonds is 8. The molecule has 1 aromatic heterocycles. The van der Waals surface area contributed by atoms with Crippen molar-refractivity contribution in [2.45, 2.75) is 26.9 Å². The number of ether oxygens (including phenoxy) is 1. The fourth-order valence-corrected chi connectivity index (χ4v) is 3.49. The van der Waals surface area contributed by atoms with Crippen molar-refractivity contribution in [2.75, 3.05) is 11.9 Å². The van der Waals surface area contributed by atoms with Gasteiger partial charge >= 0.3 is 11.8 Å². The quantitative estimate of drug-likeness (QED) is 0.536. The monoisotopic (exact) mass is 423 g/mol. The molecule has 0 atom stereocenters. The van der Waals surface area contributed by atoms with Crippen molar-refractivity contribution in [3.63, 3.8) is 0 Å². The van der Waals surface area contributed by atoms with Gasteiger partial charge in [0.2, 0.25) is 0 Å². The summed E-state index contributed by atoms with van der Waals surface area (Å²) in [6.45, 7) is 4.78. The van der Waals surface area contributed by atoms with Crippen LogP contribution in [0.3, 0.4) is 0 Å². The van der Waals surface area contributed by atoms with E-state index >= 15 is 0 Å². The summed E-state index contributed by atoms with van der Waals surface area (Å²) in [7, 11) is 0. The van der Waals surface area contributed by atoms with Gasteiger partial charge in [-0.25, -0.2) is 4.98 Å². The average Bonchev–Trinajstić information content (AvgIpc) is 3.25. The van der Waals surface area contributed by atoms with Crippen molar-refractivity contribution >= 4 is 28.8 Å². The van der Waals surface area contributed by atoms with Crippen LogP contribution in [-0.4, -0.2) is 23.3 Å². The van der Waals surface area contributed by atoms with Gasteiger partial charge in [0.15, 0.2) is 0 Å². The van der Waals surface area contributed by atoms with E-state index in [4.69, 9.17) is 4.74 Å². The number of benzene rings is 2. The maximum absolute atomic E-state index is 12.4. The van der Waals surface area contributed by atoms with Crippen LogP contribution in [0.5, 0.6) is 5.75 Å². The lowest BCUT2D eigenvalue weighted by Gasteiger charge is -2.25. The molecule has 0 unspecified atom stereocenters. The number of para-hydroxylation sites is 2. The molecule has 0 saturated carbocycles. The number of carbonyl (C=O) groups excluding carboxylic acids is 2. The summed E-state index contributed by atoms with van der Waals surface area (Å²) in [6.07, 6.45) is 0.795. The van der Waals surface area contributed by atoms with Crippen LogP contribution in [0.4, 0.5) is 5.69 Å². The Morgan fingerprint density at radius 2 is 1.77 bits per heavy atom. The molecule has 7 heteroatoms. The summed E-state index contributed by atoms with van der Waals surface area (Å²) in [5, 5.41) is 7.26. The van der Waals surface area contributed by atoms with Crippen molar-refractivity contribution in [1.82, 2.24) is 10.3 Å². The molecule has 0 spiro atoms. The number of nitrogens with one attached hydrogen (secondary N) is 2. The van der Waals surface area contributed by atoms with Crippen molar-refractivity contribution in [3.8, 4) is 5.75 Å². The van der Waals surface area contributed by atoms with Crippen LogP contribution in [0, 0.1) is 5.41 Å². The van der Waals surface area contributed by atoms with Gasteiger partial charge in [0.1, 0.15) is 12.4 Å². The molecule has 3 aromatic rings. The lowest BCUT2D eigenvalue weighted by atomic mass is 9.85. The van der Waals surface area contributed by atoms with Crippen LogP contribution in [0.2, 0.25) is 0 Å². The highest BCUT2D eigenvalue weighted by molar-refractivity contribution is 7.07. The molecular weight excluding hydrogens is 398 g/mol. The molecule has 0 aliphatic heterocycles. The highest BCUT2D eigenvalue weighted by Crippen LogP contribution is 2.25.